The minimum absolute atomic E-state index is 0.169. The first-order valence-electron chi connectivity index (χ1n) is 5.35. The Balaban J connectivity index is 2.47. The van der Waals surface area contributed by atoms with E-state index in [4.69, 9.17) is 0 Å². The molecule has 0 atom stereocenters. The molecule has 2 amide bonds. The maximum atomic E-state index is 11.5. The molecule has 0 radical (unpaired) electrons. The molecule has 1 aromatic rings. The molecule has 0 saturated carbocycles. The van der Waals surface area contributed by atoms with Gasteiger partial charge in [0.25, 0.3) is 0 Å². The van der Waals surface area contributed by atoms with E-state index in [1.807, 2.05) is 39.8 Å². The Labute approximate surface area is 96.5 Å². The van der Waals surface area contributed by atoms with E-state index < -0.39 is 0 Å². The second-order valence-corrected chi connectivity index (χ2v) is 4.82. The van der Waals surface area contributed by atoms with Crippen molar-refractivity contribution in [1.82, 2.24) is 15.6 Å². The number of carbonyl (C=O) groups is 1. The number of amides is 2. The van der Waals surface area contributed by atoms with E-state index in [2.05, 4.69) is 15.6 Å². The number of aromatic nitrogens is 1. The van der Waals surface area contributed by atoms with Crippen LogP contribution in [-0.2, 0) is 6.54 Å². The summed E-state index contributed by atoms with van der Waals surface area (Å²) in [5, 5.41) is 5.61. The number of pyridine rings is 1. The topological polar surface area (TPSA) is 54.0 Å². The van der Waals surface area contributed by atoms with Crippen LogP contribution < -0.4 is 10.6 Å². The van der Waals surface area contributed by atoms with Crippen LogP contribution in [0, 0.1) is 6.92 Å². The highest BCUT2D eigenvalue weighted by atomic mass is 16.2. The summed E-state index contributed by atoms with van der Waals surface area (Å²) < 4.78 is 0. The summed E-state index contributed by atoms with van der Waals surface area (Å²) in [5.41, 5.74) is 1.76. The quantitative estimate of drug-likeness (QED) is 0.802. The number of rotatable bonds is 2. The molecule has 2 N–H and O–H groups in total. The first kappa shape index (κ1) is 12.5. The molecule has 0 fully saturated rings. The van der Waals surface area contributed by atoms with Crippen molar-refractivity contribution in [1.29, 1.82) is 0 Å². The van der Waals surface area contributed by atoms with E-state index in [0.29, 0.717) is 6.54 Å². The van der Waals surface area contributed by atoms with Crippen molar-refractivity contribution in [2.75, 3.05) is 0 Å². The lowest BCUT2D eigenvalue weighted by molar-refractivity contribution is 0.231. The summed E-state index contributed by atoms with van der Waals surface area (Å²) in [6, 6.07) is 3.69. The molecule has 4 heteroatoms. The lowest BCUT2D eigenvalue weighted by Crippen LogP contribution is -2.46. The van der Waals surface area contributed by atoms with Crippen molar-refractivity contribution in [3.63, 3.8) is 0 Å². The molecule has 1 heterocycles. The van der Waals surface area contributed by atoms with Gasteiger partial charge < -0.3 is 10.6 Å². The normalized spacial score (nSPS) is 11.0. The predicted molar refractivity (Wildman–Crippen MR) is 64.1 cm³/mol. The number of urea groups is 1. The van der Waals surface area contributed by atoms with Gasteiger partial charge in [-0.1, -0.05) is 6.07 Å². The molecule has 0 aliphatic carbocycles. The maximum Gasteiger partial charge on any atom is 0.315 e. The van der Waals surface area contributed by atoms with Crippen LogP contribution in [0.1, 0.15) is 32.0 Å². The molecule has 1 rings (SSSR count). The third kappa shape index (κ3) is 4.29. The summed E-state index contributed by atoms with van der Waals surface area (Å²) in [6.45, 7) is 8.26. The Kier molecular flexibility index (Phi) is 3.88. The van der Waals surface area contributed by atoms with Crippen molar-refractivity contribution in [2.45, 2.75) is 39.8 Å². The highest BCUT2D eigenvalue weighted by molar-refractivity contribution is 5.74. The number of hydrogen-bond donors (Lipinski definition) is 2. The van der Waals surface area contributed by atoms with Crippen molar-refractivity contribution < 1.29 is 4.79 Å². The minimum atomic E-state index is -0.219. The van der Waals surface area contributed by atoms with Gasteiger partial charge in [-0.15, -0.1) is 0 Å². The molecule has 0 bridgehead atoms. The van der Waals surface area contributed by atoms with E-state index in [9.17, 15) is 4.79 Å². The first-order chi connectivity index (χ1) is 7.38. The van der Waals surface area contributed by atoms with Gasteiger partial charge in [-0.3, -0.25) is 4.98 Å². The van der Waals surface area contributed by atoms with Crippen LogP contribution in [-0.4, -0.2) is 16.6 Å². The van der Waals surface area contributed by atoms with Gasteiger partial charge in [0, 0.05) is 11.7 Å². The standard InChI is InChI=1S/C12H19N3O/c1-9-6-5-7-13-10(9)8-14-11(16)15-12(2,3)4/h5-7H,8H2,1-4H3,(H2,14,15,16). The Bertz CT molecular complexity index is 369. The second-order valence-electron chi connectivity index (χ2n) is 4.82. The van der Waals surface area contributed by atoms with Crippen LogP contribution in [0.5, 0.6) is 0 Å². The van der Waals surface area contributed by atoms with E-state index >= 15 is 0 Å². The van der Waals surface area contributed by atoms with Crippen molar-refractivity contribution >= 4 is 6.03 Å². The number of carbonyl (C=O) groups excluding carboxylic acids is 1. The monoisotopic (exact) mass is 221 g/mol. The summed E-state index contributed by atoms with van der Waals surface area (Å²) in [6.07, 6.45) is 1.73. The highest BCUT2D eigenvalue weighted by Crippen LogP contribution is 2.02. The molecule has 0 aliphatic heterocycles. The smallest absolute Gasteiger partial charge is 0.315 e. The van der Waals surface area contributed by atoms with Gasteiger partial charge in [0.05, 0.1) is 12.2 Å². The number of nitrogens with zero attached hydrogens (tertiary/aromatic N) is 1. The van der Waals surface area contributed by atoms with E-state index in [0.717, 1.165) is 11.3 Å². The third-order valence-corrected chi connectivity index (χ3v) is 2.02. The fraction of sp³-hybridized carbons (Fsp3) is 0.500. The summed E-state index contributed by atoms with van der Waals surface area (Å²) in [5.74, 6) is 0. The Morgan fingerprint density at radius 2 is 2.12 bits per heavy atom. The molecule has 88 valence electrons. The van der Waals surface area contributed by atoms with Crippen molar-refractivity contribution in [3.8, 4) is 0 Å². The summed E-state index contributed by atoms with van der Waals surface area (Å²) >= 11 is 0. The largest absolute Gasteiger partial charge is 0.334 e. The second kappa shape index (κ2) is 4.96. The number of aryl methyl sites for hydroxylation is 1. The fourth-order valence-electron chi connectivity index (χ4n) is 1.25. The number of hydrogen-bond acceptors (Lipinski definition) is 2. The van der Waals surface area contributed by atoms with Crippen LogP contribution in [0.15, 0.2) is 18.3 Å². The zero-order valence-corrected chi connectivity index (χ0v) is 10.3. The zero-order chi connectivity index (χ0) is 12.2. The predicted octanol–water partition coefficient (Wildman–Crippen LogP) is 1.99. The zero-order valence-electron chi connectivity index (χ0n) is 10.3. The van der Waals surface area contributed by atoms with Gasteiger partial charge in [0.1, 0.15) is 0 Å². The summed E-state index contributed by atoms with van der Waals surface area (Å²) in [4.78, 5) is 15.7. The molecular formula is C12H19N3O. The molecule has 4 nitrogen and oxygen atoms in total. The van der Waals surface area contributed by atoms with E-state index in [-0.39, 0.29) is 11.6 Å². The van der Waals surface area contributed by atoms with Gasteiger partial charge in [0.15, 0.2) is 0 Å². The molecule has 0 unspecified atom stereocenters. The van der Waals surface area contributed by atoms with Gasteiger partial charge in [-0.05, 0) is 39.3 Å². The SMILES string of the molecule is Cc1cccnc1CNC(=O)NC(C)(C)C. The lowest BCUT2D eigenvalue weighted by atomic mass is 10.1. The van der Waals surface area contributed by atoms with E-state index in [1.54, 1.807) is 6.20 Å². The average molecular weight is 221 g/mol. The van der Waals surface area contributed by atoms with Gasteiger partial charge in [-0.2, -0.15) is 0 Å². The lowest BCUT2D eigenvalue weighted by Gasteiger charge is -2.20. The molecule has 0 aromatic carbocycles. The van der Waals surface area contributed by atoms with Crippen LogP contribution in [0.3, 0.4) is 0 Å². The van der Waals surface area contributed by atoms with Crippen LogP contribution >= 0.6 is 0 Å². The average Bonchev–Trinajstić information content (AvgIpc) is 2.14. The molecule has 0 spiro atoms. The molecule has 0 saturated heterocycles. The van der Waals surface area contributed by atoms with Crippen LogP contribution in [0.2, 0.25) is 0 Å². The van der Waals surface area contributed by atoms with Gasteiger partial charge in [0.2, 0.25) is 0 Å². The van der Waals surface area contributed by atoms with Crippen molar-refractivity contribution in [2.24, 2.45) is 0 Å². The van der Waals surface area contributed by atoms with Crippen LogP contribution in [0.25, 0.3) is 0 Å². The molecule has 0 aliphatic rings. The molecule has 16 heavy (non-hydrogen) atoms. The van der Waals surface area contributed by atoms with Crippen LogP contribution in [0.4, 0.5) is 4.79 Å². The number of nitrogens with one attached hydrogen (secondary N) is 2. The Hall–Kier alpha value is -1.58. The van der Waals surface area contributed by atoms with E-state index in [1.165, 1.54) is 0 Å². The highest BCUT2D eigenvalue weighted by Gasteiger charge is 2.13. The Morgan fingerprint density at radius 1 is 1.44 bits per heavy atom. The van der Waals surface area contributed by atoms with Gasteiger partial charge >= 0.3 is 6.03 Å². The Morgan fingerprint density at radius 3 is 2.69 bits per heavy atom. The minimum Gasteiger partial charge on any atom is -0.334 e. The molecular weight excluding hydrogens is 202 g/mol. The van der Waals surface area contributed by atoms with Gasteiger partial charge in [-0.25, -0.2) is 4.79 Å². The fourth-order valence-corrected chi connectivity index (χ4v) is 1.25. The van der Waals surface area contributed by atoms with Crippen molar-refractivity contribution in [3.05, 3.63) is 29.6 Å². The molecule has 1 aromatic heterocycles. The maximum absolute atomic E-state index is 11.5. The third-order valence-electron chi connectivity index (χ3n) is 2.02. The summed E-state index contributed by atoms with van der Waals surface area (Å²) in [7, 11) is 0. The first-order valence-corrected chi connectivity index (χ1v) is 5.35.